The fourth-order valence-corrected chi connectivity index (χ4v) is 7.68. The topological polar surface area (TPSA) is 64.7 Å². The van der Waals surface area contributed by atoms with Gasteiger partial charge in [0.05, 0.1) is 10.2 Å². The normalized spacial score (nSPS) is 11.8. The summed E-state index contributed by atoms with van der Waals surface area (Å²) in [6.45, 7) is 0. The van der Waals surface area contributed by atoms with E-state index in [1.54, 1.807) is 11.3 Å². The molecule has 0 aliphatic rings. The van der Waals surface area contributed by atoms with E-state index < -0.39 is 0 Å². The summed E-state index contributed by atoms with van der Waals surface area (Å²) in [6, 6.07) is 49.9. The fourth-order valence-electron chi connectivity index (χ4n) is 6.59. The van der Waals surface area contributed by atoms with Crippen LogP contribution in [0.4, 0.5) is 0 Å². The molecule has 0 aliphatic heterocycles. The molecule has 0 spiro atoms. The van der Waals surface area contributed by atoms with E-state index in [0.29, 0.717) is 17.5 Å². The zero-order valence-electron chi connectivity index (χ0n) is 25.5. The van der Waals surface area contributed by atoms with Crippen molar-refractivity contribution in [3.63, 3.8) is 0 Å². The molecule has 10 rings (SSSR count). The minimum Gasteiger partial charge on any atom is -0.456 e. The molecule has 0 amide bonds. The Labute approximate surface area is 278 Å². The first-order valence-corrected chi connectivity index (χ1v) is 16.6. The molecule has 0 saturated carbocycles. The van der Waals surface area contributed by atoms with Crippen molar-refractivity contribution in [1.29, 1.82) is 0 Å². The highest BCUT2D eigenvalue weighted by Gasteiger charge is 2.18. The largest absolute Gasteiger partial charge is 0.456 e. The van der Waals surface area contributed by atoms with Crippen LogP contribution < -0.4 is 0 Å². The first kappa shape index (κ1) is 26.9. The maximum Gasteiger partial charge on any atom is 0.164 e. The van der Waals surface area contributed by atoms with Crippen molar-refractivity contribution in [2.24, 2.45) is 0 Å². The number of furan rings is 1. The van der Waals surface area contributed by atoms with Gasteiger partial charge < -0.3 is 4.42 Å². The van der Waals surface area contributed by atoms with Crippen molar-refractivity contribution >= 4 is 65.0 Å². The number of benzene rings is 7. The molecule has 0 radical (unpaired) electrons. The molecule has 0 saturated heterocycles. The molecule has 6 heteroatoms. The smallest absolute Gasteiger partial charge is 0.164 e. The molecule has 0 bridgehead atoms. The van der Waals surface area contributed by atoms with Crippen molar-refractivity contribution in [3.8, 4) is 44.7 Å². The third kappa shape index (κ3) is 4.38. The van der Waals surface area contributed by atoms with Crippen LogP contribution in [0.5, 0.6) is 0 Å². The van der Waals surface area contributed by atoms with Crippen molar-refractivity contribution in [1.82, 2.24) is 19.9 Å². The Balaban J connectivity index is 1.17. The van der Waals surface area contributed by atoms with Crippen LogP contribution in [0.15, 0.2) is 150 Å². The van der Waals surface area contributed by atoms with Gasteiger partial charge in [0, 0.05) is 38.4 Å². The predicted molar refractivity (Wildman–Crippen MR) is 197 cm³/mol. The van der Waals surface area contributed by atoms with Gasteiger partial charge in [-0.2, -0.15) is 0 Å². The number of nitrogens with zero attached hydrogens (tertiary/aromatic N) is 4. The molecule has 48 heavy (non-hydrogen) atoms. The molecule has 0 atom stereocenters. The number of hydrogen-bond acceptors (Lipinski definition) is 6. The molecule has 5 nitrogen and oxygen atoms in total. The van der Waals surface area contributed by atoms with E-state index >= 15 is 0 Å². The zero-order valence-corrected chi connectivity index (χ0v) is 26.3. The number of para-hydroxylation sites is 1. The second-order valence-electron chi connectivity index (χ2n) is 11.9. The Hall–Kier alpha value is -6.24. The number of fused-ring (bicyclic) bond motifs is 7. The Morgan fingerprint density at radius 1 is 0.438 bits per heavy atom. The van der Waals surface area contributed by atoms with Gasteiger partial charge in [-0.05, 0) is 46.5 Å². The van der Waals surface area contributed by atoms with Crippen LogP contribution in [-0.4, -0.2) is 19.9 Å². The summed E-state index contributed by atoms with van der Waals surface area (Å²) in [5.41, 5.74) is 6.49. The van der Waals surface area contributed by atoms with Gasteiger partial charge in [0.25, 0.3) is 0 Å². The maximum atomic E-state index is 6.21. The van der Waals surface area contributed by atoms with Crippen LogP contribution in [0.2, 0.25) is 0 Å². The lowest BCUT2D eigenvalue weighted by Crippen LogP contribution is -2.00. The lowest BCUT2D eigenvalue weighted by atomic mass is 10.0. The lowest BCUT2D eigenvalue weighted by Gasteiger charge is -2.10. The molecule has 0 unspecified atom stereocenters. The first-order chi connectivity index (χ1) is 23.7. The van der Waals surface area contributed by atoms with Gasteiger partial charge in [0.2, 0.25) is 0 Å². The molecule has 0 N–H and O–H groups in total. The van der Waals surface area contributed by atoms with Gasteiger partial charge in [-0.3, -0.25) is 0 Å². The quantitative estimate of drug-likeness (QED) is 0.193. The van der Waals surface area contributed by atoms with Gasteiger partial charge >= 0.3 is 0 Å². The van der Waals surface area contributed by atoms with Crippen molar-refractivity contribution in [3.05, 3.63) is 146 Å². The van der Waals surface area contributed by atoms with Crippen LogP contribution >= 0.6 is 11.3 Å². The summed E-state index contributed by atoms with van der Waals surface area (Å²) < 4.78 is 7.36. The molecule has 3 aromatic heterocycles. The molecule has 0 aliphatic carbocycles. The number of rotatable bonds is 4. The summed E-state index contributed by atoms with van der Waals surface area (Å²) in [4.78, 5) is 20.3. The van der Waals surface area contributed by atoms with Gasteiger partial charge in [-0.15, -0.1) is 11.3 Å². The number of thiazole rings is 1. The van der Waals surface area contributed by atoms with E-state index in [0.717, 1.165) is 70.2 Å². The van der Waals surface area contributed by atoms with E-state index in [4.69, 9.17) is 24.4 Å². The van der Waals surface area contributed by atoms with Crippen molar-refractivity contribution in [2.45, 2.75) is 0 Å². The average molecular weight is 633 g/mol. The predicted octanol–water partition coefficient (Wildman–Crippen LogP) is 11.4. The van der Waals surface area contributed by atoms with E-state index in [-0.39, 0.29) is 0 Å². The Morgan fingerprint density at radius 2 is 1.15 bits per heavy atom. The Kier molecular flexibility index (Phi) is 5.98. The molecular weight excluding hydrogens is 609 g/mol. The maximum absolute atomic E-state index is 6.21. The van der Waals surface area contributed by atoms with Gasteiger partial charge in [0.1, 0.15) is 16.2 Å². The molecular formula is C42H24N4OS. The zero-order chi connectivity index (χ0) is 31.6. The molecule has 7 aromatic carbocycles. The van der Waals surface area contributed by atoms with E-state index in [1.165, 1.54) is 10.8 Å². The summed E-state index contributed by atoms with van der Waals surface area (Å²) in [5, 5.41) is 7.74. The summed E-state index contributed by atoms with van der Waals surface area (Å²) >= 11 is 1.72. The second kappa shape index (κ2) is 10.7. The highest BCUT2D eigenvalue weighted by Crippen LogP contribution is 2.39. The van der Waals surface area contributed by atoms with Crippen LogP contribution in [0.25, 0.3) is 98.4 Å². The van der Waals surface area contributed by atoms with E-state index in [2.05, 4.69) is 84.9 Å². The third-order valence-electron chi connectivity index (χ3n) is 8.94. The van der Waals surface area contributed by atoms with Crippen molar-refractivity contribution in [2.75, 3.05) is 0 Å². The van der Waals surface area contributed by atoms with Crippen LogP contribution in [0.3, 0.4) is 0 Å². The van der Waals surface area contributed by atoms with E-state index in [9.17, 15) is 0 Å². The minimum absolute atomic E-state index is 0.602. The highest BCUT2D eigenvalue weighted by molar-refractivity contribution is 7.22. The first-order valence-electron chi connectivity index (χ1n) is 15.8. The lowest BCUT2D eigenvalue weighted by molar-refractivity contribution is 0.669. The second-order valence-corrected chi connectivity index (χ2v) is 12.9. The van der Waals surface area contributed by atoms with Gasteiger partial charge in [-0.1, -0.05) is 115 Å². The Bertz CT molecular complexity index is 2860. The fraction of sp³-hybridized carbons (Fsp3) is 0. The molecule has 3 heterocycles. The minimum atomic E-state index is 0.602. The SMILES string of the molecule is c1ccc(-c2nc(-c3ccc4ccc5nc(-c6ccc7ccccc7c6)sc5c4c3)nc(-c3cccc4oc5ccccc5c34)n2)cc1. The standard InChI is InChI=1S/C42H24N4OS/c1-2-10-27(11-3-1)39-44-40(46-41(45-39)32-14-8-16-36-37(32)31-13-6-7-15-35(31)47-36)29-19-18-26-21-22-34-38(33(26)24-29)48-42(43-34)30-20-17-25-9-4-5-12-28(25)23-30/h1-24H. The average Bonchev–Trinajstić information content (AvgIpc) is 3.77. The third-order valence-corrected chi connectivity index (χ3v) is 10.1. The molecule has 224 valence electrons. The highest BCUT2D eigenvalue weighted by atomic mass is 32.1. The van der Waals surface area contributed by atoms with Crippen LogP contribution in [-0.2, 0) is 0 Å². The summed E-state index contributed by atoms with van der Waals surface area (Å²) in [5.74, 6) is 1.84. The van der Waals surface area contributed by atoms with E-state index in [1.807, 2.05) is 60.7 Å². The summed E-state index contributed by atoms with van der Waals surface area (Å²) in [7, 11) is 0. The number of hydrogen-bond donors (Lipinski definition) is 0. The van der Waals surface area contributed by atoms with Gasteiger partial charge in [0.15, 0.2) is 17.5 Å². The monoisotopic (exact) mass is 632 g/mol. The van der Waals surface area contributed by atoms with Crippen LogP contribution in [0.1, 0.15) is 0 Å². The molecule has 10 aromatic rings. The number of aromatic nitrogens is 4. The van der Waals surface area contributed by atoms with Crippen molar-refractivity contribution < 1.29 is 4.42 Å². The molecule has 0 fully saturated rings. The van der Waals surface area contributed by atoms with Gasteiger partial charge in [-0.25, -0.2) is 19.9 Å². The summed E-state index contributed by atoms with van der Waals surface area (Å²) in [6.07, 6.45) is 0. The van der Waals surface area contributed by atoms with Crippen LogP contribution in [0, 0.1) is 0 Å². The Morgan fingerprint density at radius 3 is 2.06 bits per heavy atom.